The van der Waals surface area contributed by atoms with Crippen molar-refractivity contribution in [2.24, 2.45) is 0 Å². The van der Waals surface area contributed by atoms with Crippen LogP contribution >= 0.6 is 0 Å². The van der Waals surface area contributed by atoms with Gasteiger partial charge in [-0.1, -0.05) is 31.4 Å². The quantitative estimate of drug-likeness (QED) is 0.783. The van der Waals surface area contributed by atoms with Crippen LogP contribution in [-0.4, -0.2) is 34.7 Å². The predicted molar refractivity (Wildman–Crippen MR) is 96.5 cm³/mol. The molecule has 1 amide bonds. The third-order valence-electron chi connectivity index (χ3n) is 4.59. The molecule has 6 heteroatoms. The second-order valence-corrected chi connectivity index (χ2v) is 6.53. The highest BCUT2D eigenvalue weighted by Gasteiger charge is 2.13. The van der Waals surface area contributed by atoms with Crippen LogP contribution in [0.1, 0.15) is 38.5 Å². The molecule has 1 N–H and O–H groups in total. The van der Waals surface area contributed by atoms with Crippen molar-refractivity contribution in [3.63, 3.8) is 0 Å². The molecule has 0 radical (unpaired) electrons. The first kappa shape index (κ1) is 17.6. The van der Waals surface area contributed by atoms with Crippen LogP contribution in [0, 0.1) is 0 Å². The number of ether oxygens (including phenoxy) is 1. The van der Waals surface area contributed by atoms with E-state index in [1.807, 2.05) is 6.07 Å². The topological polar surface area (TPSA) is 73.2 Å². The van der Waals surface area contributed by atoms with E-state index >= 15 is 0 Å². The molecule has 3 rings (SSSR count). The highest BCUT2D eigenvalue weighted by atomic mass is 16.5. The Kier molecular flexibility index (Phi) is 6.17. The first-order chi connectivity index (χ1) is 12.2. The second-order valence-electron chi connectivity index (χ2n) is 6.53. The average Bonchev–Trinajstić information content (AvgIpc) is 2.65. The van der Waals surface area contributed by atoms with Crippen molar-refractivity contribution in [1.82, 2.24) is 14.9 Å². The van der Waals surface area contributed by atoms with Gasteiger partial charge in [0.25, 0.3) is 5.56 Å². The summed E-state index contributed by atoms with van der Waals surface area (Å²) >= 11 is 0. The van der Waals surface area contributed by atoms with E-state index in [1.54, 1.807) is 18.2 Å². The number of fused-ring (bicyclic) bond motifs is 1. The minimum atomic E-state index is -0.193. The number of hydrogen-bond acceptors (Lipinski definition) is 4. The Balaban J connectivity index is 1.42. The van der Waals surface area contributed by atoms with Gasteiger partial charge in [0, 0.05) is 13.2 Å². The molecule has 6 nitrogen and oxygen atoms in total. The Morgan fingerprint density at radius 1 is 1.24 bits per heavy atom. The summed E-state index contributed by atoms with van der Waals surface area (Å²) in [5.74, 6) is -0.183. The average molecular weight is 343 g/mol. The minimum absolute atomic E-state index is 0.0137. The lowest BCUT2D eigenvalue weighted by Gasteiger charge is -2.21. The number of nitrogens with zero attached hydrogens (tertiary/aromatic N) is 2. The number of aromatic nitrogens is 2. The molecule has 2 aromatic rings. The molecule has 25 heavy (non-hydrogen) atoms. The first-order valence-corrected chi connectivity index (χ1v) is 9.06. The predicted octanol–water partition coefficient (Wildman–Crippen LogP) is 2.25. The monoisotopic (exact) mass is 343 g/mol. The van der Waals surface area contributed by atoms with E-state index in [0.29, 0.717) is 30.2 Å². The molecule has 0 bridgehead atoms. The molecule has 1 aromatic carbocycles. The van der Waals surface area contributed by atoms with Gasteiger partial charge in [0.05, 0.1) is 23.3 Å². The molecular formula is C19H25N3O3. The Morgan fingerprint density at radius 3 is 2.88 bits per heavy atom. The number of rotatable bonds is 7. The van der Waals surface area contributed by atoms with Crippen LogP contribution in [0.3, 0.4) is 0 Å². The zero-order valence-corrected chi connectivity index (χ0v) is 14.4. The summed E-state index contributed by atoms with van der Waals surface area (Å²) in [5, 5.41) is 3.36. The van der Waals surface area contributed by atoms with Crippen LogP contribution in [0.5, 0.6) is 0 Å². The maximum absolute atomic E-state index is 12.3. The molecule has 1 aliphatic carbocycles. The zero-order valence-electron chi connectivity index (χ0n) is 14.4. The summed E-state index contributed by atoms with van der Waals surface area (Å²) in [6, 6.07) is 7.14. The van der Waals surface area contributed by atoms with Crippen molar-refractivity contribution < 1.29 is 9.53 Å². The second kappa shape index (κ2) is 8.76. The van der Waals surface area contributed by atoms with Crippen LogP contribution in [-0.2, 0) is 16.1 Å². The molecule has 134 valence electrons. The number of hydrogen-bond donors (Lipinski definition) is 1. The van der Waals surface area contributed by atoms with Gasteiger partial charge in [-0.25, -0.2) is 4.98 Å². The van der Waals surface area contributed by atoms with Crippen LogP contribution in [0.2, 0.25) is 0 Å². The van der Waals surface area contributed by atoms with Gasteiger partial charge in [-0.05, 0) is 31.4 Å². The molecule has 1 fully saturated rings. The van der Waals surface area contributed by atoms with E-state index in [-0.39, 0.29) is 18.0 Å². The molecule has 1 heterocycles. The Hall–Kier alpha value is -2.21. The van der Waals surface area contributed by atoms with E-state index in [2.05, 4.69) is 10.3 Å². The lowest BCUT2D eigenvalue weighted by Crippen LogP contribution is -2.33. The van der Waals surface area contributed by atoms with Crippen molar-refractivity contribution in [1.29, 1.82) is 0 Å². The van der Waals surface area contributed by atoms with Gasteiger partial charge in [-0.3, -0.25) is 14.2 Å². The summed E-state index contributed by atoms with van der Waals surface area (Å²) in [6.07, 6.45) is 8.76. The Bertz CT molecular complexity index is 766. The maximum atomic E-state index is 12.3. The van der Waals surface area contributed by atoms with Crippen molar-refractivity contribution in [2.75, 3.05) is 13.2 Å². The molecule has 0 spiro atoms. The van der Waals surface area contributed by atoms with E-state index < -0.39 is 0 Å². The summed E-state index contributed by atoms with van der Waals surface area (Å²) in [6.45, 7) is 1.21. The standard InChI is InChI=1S/C19H25N3O3/c23-18(20-11-6-12-25-15-7-2-1-3-8-15)13-22-14-21-17-10-5-4-9-16(17)19(22)24/h4-5,9-10,14-15H,1-3,6-8,11-13H2,(H,20,23). The van der Waals surface area contributed by atoms with Gasteiger partial charge >= 0.3 is 0 Å². The van der Waals surface area contributed by atoms with E-state index in [9.17, 15) is 9.59 Å². The van der Waals surface area contributed by atoms with Gasteiger partial charge in [0.15, 0.2) is 0 Å². The molecule has 1 saturated carbocycles. The van der Waals surface area contributed by atoms with Crippen molar-refractivity contribution in [3.05, 3.63) is 40.9 Å². The van der Waals surface area contributed by atoms with Crippen LogP contribution in [0.25, 0.3) is 10.9 Å². The summed E-state index contributed by atoms with van der Waals surface area (Å²) < 4.78 is 7.18. The summed E-state index contributed by atoms with van der Waals surface area (Å²) in [4.78, 5) is 28.6. The molecule has 1 aromatic heterocycles. The third-order valence-corrected chi connectivity index (χ3v) is 4.59. The molecule has 0 aliphatic heterocycles. The molecule has 0 saturated heterocycles. The number of carbonyl (C=O) groups excluding carboxylic acids is 1. The highest BCUT2D eigenvalue weighted by Crippen LogP contribution is 2.20. The van der Waals surface area contributed by atoms with Gasteiger partial charge in [0.2, 0.25) is 5.91 Å². The van der Waals surface area contributed by atoms with Gasteiger partial charge in [-0.2, -0.15) is 0 Å². The molecular weight excluding hydrogens is 318 g/mol. The number of carbonyl (C=O) groups is 1. The van der Waals surface area contributed by atoms with Crippen LogP contribution in [0.4, 0.5) is 0 Å². The largest absolute Gasteiger partial charge is 0.378 e. The molecule has 0 atom stereocenters. The van der Waals surface area contributed by atoms with Crippen LogP contribution < -0.4 is 10.9 Å². The molecule has 0 unspecified atom stereocenters. The fourth-order valence-corrected chi connectivity index (χ4v) is 3.21. The van der Waals surface area contributed by atoms with Crippen LogP contribution in [0.15, 0.2) is 35.4 Å². The normalized spacial score (nSPS) is 15.4. The van der Waals surface area contributed by atoms with Crippen molar-refractivity contribution in [3.8, 4) is 0 Å². The van der Waals surface area contributed by atoms with Gasteiger partial charge < -0.3 is 10.1 Å². The fourth-order valence-electron chi connectivity index (χ4n) is 3.21. The van der Waals surface area contributed by atoms with E-state index in [0.717, 1.165) is 19.3 Å². The van der Waals surface area contributed by atoms with Crippen molar-refractivity contribution in [2.45, 2.75) is 51.2 Å². The lowest BCUT2D eigenvalue weighted by molar-refractivity contribution is -0.121. The number of para-hydroxylation sites is 1. The van der Waals surface area contributed by atoms with E-state index in [4.69, 9.17) is 4.74 Å². The Labute approximate surface area is 147 Å². The SMILES string of the molecule is O=C(Cn1cnc2ccccc2c1=O)NCCCOC1CCCCC1. The van der Waals surface area contributed by atoms with Gasteiger partial charge in [0.1, 0.15) is 6.54 Å². The Morgan fingerprint density at radius 2 is 2.04 bits per heavy atom. The third kappa shape index (κ3) is 4.89. The summed E-state index contributed by atoms with van der Waals surface area (Å²) in [7, 11) is 0. The maximum Gasteiger partial charge on any atom is 0.261 e. The van der Waals surface area contributed by atoms with Crippen molar-refractivity contribution >= 4 is 16.8 Å². The number of nitrogens with one attached hydrogen (secondary N) is 1. The smallest absolute Gasteiger partial charge is 0.261 e. The fraction of sp³-hybridized carbons (Fsp3) is 0.526. The van der Waals surface area contributed by atoms with E-state index in [1.165, 1.54) is 30.2 Å². The summed E-state index contributed by atoms with van der Waals surface area (Å²) in [5.41, 5.74) is 0.449. The first-order valence-electron chi connectivity index (χ1n) is 9.06. The minimum Gasteiger partial charge on any atom is -0.378 e. The molecule has 1 aliphatic rings. The zero-order chi connectivity index (χ0) is 17.5. The highest BCUT2D eigenvalue weighted by molar-refractivity contribution is 5.78. The van der Waals surface area contributed by atoms with Gasteiger partial charge in [-0.15, -0.1) is 0 Å². The number of amides is 1. The lowest BCUT2D eigenvalue weighted by atomic mass is 9.98. The number of benzene rings is 1.